The van der Waals surface area contributed by atoms with Crippen molar-refractivity contribution in [1.29, 1.82) is 0 Å². The van der Waals surface area contributed by atoms with Crippen LogP contribution in [0.3, 0.4) is 0 Å². The fourth-order valence-electron chi connectivity index (χ4n) is 2.87. The van der Waals surface area contributed by atoms with Gasteiger partial charge >= 0.3 is 0 Å². The van der Waals surface area contributed by atoms with Crippen LogP contribution in [0.1, 0.15) is 36.0 Å². The summed E-state index contributed by atoms with van der Waals surface area (Å²) in [5, 5.41) is 2.93. The molecule has 1 aliphatic carbocycles. The SMILES string of the molecule is O=C(NCC1CC1)C1CCCN(C(=O)c2cc(F)c[nH]c2=O)C1. The minimum Gasteiger partial charge on any atom is -0.356 e. The summed E-state index contributed by atoms with van der Waals surface area (Å²) in [6, 6.07) is 0.942. The van der Waals surface area contributed by atoms with E-state index in [0.717, 1.165) is 31.5 Å². The van der Waals surface area contributed by atoms with Crippen LogP contribution in [0.15, 0.2) is 17.1 Å². The molecule has 2 fully saturated rings. The maximum absolute atomic E-state index is 13.3. The Morgan fingerprint density at radius 2 is 2.13 bits per heavy atom. The average Bonchev–Trinajstić information content (AvgIpc) is 3.38. The highest BCUT2D eigenvalue weighted by molar-refractivity contribution is 5.94. The van der Waals surface area contributed by atoms with Gasteiger partial charge < -0.3 is 15.2 Å². The number of pyridine rings is 1. The van der Waals surface area contributed by atoms with Gasteiger partial charge in [-0.25, -0.2) is 4.39 Å². The Bertz CT molecular complexity index is 669. The number of piperidine rings is 1. The molecule has 0 spiro atoms. The van der Waals surface area contributed by atoms with E-state index in [4.69, 9.17) is 0 Å². The summed E-state index contributed by atoms with van der Waals surface area (Å²) in [5.74, 6) is -0.887. The molecule has 6 nitrogen and oxygen atoms in total. The van der Waals surface area contributed by atoms with Crippen LogP contribution in [0.25, 0.3) is 0 Å². The molecule has 1 aliphatic heterocycles. The number of likely N-dealkylation sites (tertiary alicyclic amines) is 1. The van der Waals surface area contributed by atoms with Gasteiger partial charge in [0.15, 0.2) is 0 Å². The lowest BCUT2D eigenvalue weighted by Gasteiger charge is -2.32. The molecule has 0 bridgehead atoms. The average molecular weight is 321 g/mol. The number of hydrogen-bond donors (Lipinski definition) is 2. The van der Waals surface area contributed by atoms with Crippen molar-refractivity contribution in [2.24, 2.45) is 11.8 Å². The largest absolute Gasteiger partial charge is 0.356 e. The van der Waals surface area contributed by atoms with Crippen molar-refractivity contribution in [1.82, 2.24) is 15.2 Å². The highest BCUT2D eigenvalue weighted by atomic mass is 19.1. The highest BCUT2D eigenvalue weighted by Gasteiger charge is 2.31. The number of carbonyl (C=O) groups excluding carboxylic acids is 2. The zero-order valence-corrected chi connectivity index (χ0v) is 12.8. The van der Waals surface area contributed by atoms with Gasteiger partial charge in [-0.05, 0) is 37.7 Å². The number of H-pyrrole nitrogens is 1. The zero-order chi connectivity index (χ0) is 16.4. The molecule has 0 radical (unpaired) electrons. The molecule has 1 saturated heterocycles. The molecule has 124 valence electrons. The smallest absolute Gasteiger partial charge is 0.260 e. The van der Waals surface area contributed by atoms with Crippen molar-refractivity contribution in [3.05, 3.63) is 34.0 Å². The molecule has 2 heterocycles. The molecule has 3 rings (SSSR count). The van der Waals surface area contributed by atoms with Crippen LogP contribution >= 0.6 is 0 Å². The second kappa shape index (κ2) is 6.52. The van der Waals surface area contributed by atoms with Gasteiger partial charge in [0.2, 0.25) is 5.91 Å². The lowest BCUT2D eigenvalue weighted by molar-refractivity contribution is -0.126. The lowest BCUT2D eigenvalue weighted by Crippen LogP contribution is -2.46. The molecular formula is C16H20FN3O3. The highest BCUT2D eigenvalue weighted by Crippen LogP contribution is 2.28. The van der Waals surface area contributed by atoms with E-state index < -0.39 is 17.3 Å². The number of hydrogen-bond acceptors (Lipinski definition) is 3. The summed E-state index contributed by atoms with van der Waals surface area (Å²) >= 11 is 0. The summed E-state index contributed by atoms with van der Waals surface area (Å²) in [6.07, 6.45) is 4.67. The quantitative estimate of drug-likeness (QED) is 0.864. The molecule has 1 saturated carbocycles. The minimum atomic E-state index is -0.663. The molecule has 7 heteroatoms. The van der Waals surface area contributed by atoms with Crippen LogP contribution in [0.4, 0.5) is 4.39 Å². The second-order valence-electron chi connectivity index (χ2n) is 6.34. The van der Waals surface area contributed by atoms with E-state index in [1.165, 1.54) is 4.90 Å². The molecule has 2 aliphatic rings. The molecule has 1 aromatic rings. The monoisotopic (exact) mass is 321 g/mol. The van der Waals surface area contributed by atoms with E-state index in [1.807, 2.05) is 0 Å². The van der Waals surface area contributed by atoms with Crippen molar-refractivity contribution in [3.63, 3.8) is 0 Å². The van der Waals surface area contributed by atoms with Crippen LogP contribution in [-0.2, 0) is 4.79 Å². The number of carbonyl (C=O) groups is 2. The predicted octanol–water partition coefficient (Wildman–Crippen LogP) is 0.892. The van der Waals surface area contributed by atoms with Gasteiger partial charge in [0.25, 0.3) is 11.5 Å². The first kappa shape index (κ1) is 15.7. The lowest BCUT2D eigenvalue weighted by atomic mass is 9.96. The zero-order valence-electron chi connectivity index (χ0n) is 12.8. The first-order valence-corrected chi connectivity index (χ1v) is 8.00. The van der Waals surface area contributed by atoms with Crippen LogP contribution < -0.4 is 10.9 Å². The van der Waals surface area contributed by atoms with Crippen molar-refractivity contribution >= 4 is 11.8 Å². The maximum Gasteiger partial charge on any atom is 0.260 e. The van der Waals surface area contributed by atoms with E-state index in [0.29, 0.717) is 25.4 Å². The standard InChI is InChI=1S/C16H20FN3O3/c17-12-6-13(15(22)19-8-12)16(23)20-5-1-2-11(9-20)14(21)18-7-10-3-4-10/h6,8,10-11H,1-5,7,9H2,(H,18,21)(H,19,22). The summed E-state index contributed by atoms with van der Waals surface area (Å²) in [5.41, 5.74) is -0.833. The van der Waals surface area contributed by atoms with Gasteiger partial charge in [0.1, 0.15) is 11.4 Å². The van der Waals surface area contributed by atoms with Crippen LogP contribution in [0, 0.1) is 17.7 Å². The maximum atomic E-state index is 13.3. The number of halogens is 1. The molecule has 1 unspecified atom stereocenters. The summed E-state index contributed by atoms with van der Waals surface area (Å²) in [4.78, 5) is 40.0. The van der Waals surface area contributed by atoms with Gasteiger partial charge in [-0.3, -0.25) is 14.4 Å². The van der Waals surface area contributed by atoms with E-state index >= 15 is 0 Å². The third-order valence-electron chi connectivity index (χ3n) is 4.44. The van der Waals surface area contributed by atoms with E-state index in [1.54, 1.807) is 0 Å². The Balaban J connectivity index is 1.65. The van der Waals surface area contributed by atoms with Crippen LogP contribution in [-0.4, -0.2) is 41.3 Å². The van der Waals surface area contributed by atoms with E-state index in [-0.39, 0.29) is 23.9 Å². The van der Waals surface area contributed by atoms with Crippen LogP contribution in [0.2, 0.25) is 0 Å². The predicted molar refractivity (Wildman–Crippen MR) is 81.4 cm³/mol. The van der Waals surface area contributed by atoms with Crippen molar-refractivity contribution in [2.45, 2.75) is 25.7 Å². The third kappa shape index (κ3) is 3.78. The first-order chi connectivity index (χ1) is 11.0. The Kier molecular flexibility index (Phi) is 4.45. The van der Waals surface area contributed by atoms with E-state index in [9.17, 15) is 18.8 Å². The molecule has 2 N–H and O–H groups in total. The fraction of sp³-hybridized carbons (Fsp3) is 0.562. The number of nitrogens with zero attached hydrogens (tertiary/aromatic N) is 1. The summed E-state index contributed by atoms with van der Waals surface area (Å²) < 4.78 is 13.3. The number of rotatable bonds is 4. The Morgan fingerprint density at radius 1 is 1.35 bits per heavy atom. The first-order valence-electron chi connectivity index (χ1n) is 8.00. The third-order valence-corrected chi connectivity index (χ3v) is 4.44. The van der Waals surface area contributed by atoms with E-state index in [2.05, 4.69) is 10.3 Å². The molecule has 0 aromatic carbocycles. The van der Waals surface area contributed by atoms with Gasteiger partial charge in [0.05, 0.1) is 5.92 Å². The fourth-order valence-corrected chi connectivity index (χ4v) is 2.87. The number of aromatic amines is 1. The summed E-state index contributed by atoms with van der Waals surface area (Å²) in [7, 11) is 0. The molecular weight excluding hydrogens is 301 g/mol. The van der Waals surface area contributed by atoms with Gasteiger partial charge in [0, 0.05) is 25.8 Å². The Labute approximate surface area is 133 Å². The number of aromatic nitrogens is 1. The van der Waals surface area contributed by atoms with Crippen molar-refractivity contribution in [3.8, 4) is 0 Å². The van der Waals surface area contributed by atoms with Crippen LogP contribution in [0.5, 0.6) is 0 Å². The number of nitrogens with one attached hydrogen (secondary N) is 2. The minimum absolute atomic E-state index is 0.0393. The van der Waals surface area contributed by atoms with Gasteiger partial charge in [-0.15, -0.1) is 0 Å². The Morgan fingerprint density at radius 3 is 2.87 bits per heavy atom. The molecule has 23 heavy (non-hydrogen) atoms. The van der Waals surface area contributed by atoms with Gasteiger partial charge in [-0.2, -0.15) is 0 Å². The number of amides is 2. The van der Waals surface area contributed by atoms with Crippen molar-refractivity contribution < 1.29 is 14.0 Å². The molecule has 1 aromatic heterocycles. The molecule has 2 amide bonds. The van der Waals surface area contributed by atoms with Crippen molar-refractivity contribution in [2.75, 3.05) is 19.6 Å². The normalized spacial score (nSPS) is 21.1. The summed E-state index contributed by atoms with van der Waals surface area (Å²) in [6.45, 7) is 1.44. The second-order valence-corrected chi connectivity index (χ2v) is 6.34. The Hall–Kier alpha value is -2.18. The molecule has 1 atom stereocenters. The van der Waals surface area contributed by atoms with Gasteiger partial charge in [-0.1, -0.05) is 0 Å². The topological polar surface area (TPSA) is 82.3 Å².